The molecule has 7 nitrogen and oxygen atoms in total. The zero-order chi connectivity index (χ0) is 26.7. The third-order valence-corrected chi connectivity index (χ3v) is 6.66. The van der Waals surface area contributed by atoms with Crippen LogP contribution in [0.2, 0.25) is 0 Å². The maximum Gasteiger partial charge on any atom is 0.417 e. The minimum atomic E-state index is -0.863. The minimum Gasteiger partial charge on any atom is -0.447 e. The number of hydrogen-bond acceptors (Lipinski definition) is 6. The van der Waals surface area contributed by atoms with Gasteiger partial charge in [0.25, 0.3) is 5.91 Å². The topological polar surface area (TPSA) is 74.3 Å². The normalized spacial score (nSPS) is 17.9. The van der Waals surface area contributed by atoms with Gasteiger partial charge in [0.2, 0.25) is 0 Å². The molecule has 2 aromatic carbocycles. The van der Waals surface area contributed by atoms with Crippen molar-refractivity contribution in [3.05, 3.63) is 84.4 Å². The molecule has 200 valence electrons. The summed E-state index contributed by atoms with van der Waals surface area (Å²) in [5.41, 5.74) is 1.27. The van der Waals surface area contributed by atoms with E-state index in [0.717, 1.165) is 11.1 Å². The molecule has 7 heteroatoms. The van der Waals surface area contributed by atoms with Crippen molar-refractivity contribution in [2.45, 2.75) is 64.6 Å². The zero-order valence-electron chi connectivity index (χ0n) is 22.1. The number of nitrogens with zero attached hydrogens (tertiary/aromatic N) is 1. The molecule has 3 atom stereocenters. The first kappa shape index (κ1) is 28.6. The molecule has 0 aliphatic carbocycles. The Balaban J connectivity index is 1.63. The highest BCUT2D eigenvalue weighted by atomic mass is 16.6. The van der Waals surface area contributed by atoms with E-state index in [9.17, 15) is 9.59 Å². The highest BCUT2D eigenvalue weighted by molar-refractivity contribution is 5.94. The summed E-state index contributed by atoms with van der Waals surface area (Å²) >= 11 is 0. The van der Waals surface area contributed by atoms with E-state index in [-0.39, 0.29) is 25.2 Å². The van der Waals surface area contributed by atoms with Crippen LogP contribution in [0.15, 0.2) is 73.3 Å². The molecular weight excluding hydrogens is 470 g/mol. The van der Waals surface area contributed by atoms with E-state index in [1.165, 1.54) is 4.90 Å². The number of carbonyl (C=O) groups is 2. The molecule has 0 unspecified atom stereocenters. The van der Waals surface area contributed by atoms with Crippen LogP contribution in [-0.4, -0.2) is 54.5 Å². The number of cyclic esters (lactones) is 1. The first-order valence-corrected chi connectivity index (χ1v) is 12.9. The lowest BCUT2D eigenvalue weighted by Crippen LogP contribution is -2.47. The fourth-order valence-electron chi connectivity index (χ4n) is 4.22. The summed E-state index contributed by atoms with van der Waals surface area (Å²) in [6.45, 7) is 11.2. The minimum absolute atomic E-state index is 0.0839. The molecule has 37 heavy (non-hydrogen) atoms. The lowest BCUT2D eigenvalue weighted by Gasteiger charge is -2.35. The summed E-state index contributed by atoms with van der Waals surface area (Å²) < 4.78 is 23.4. The van der Waals surface area contributed by atoms with Crippen molar-refractivity contribution in [2.24, 2.45) is 5.92 Å². The largest absolute Gasteiger partial charge is 0.447 e. The first-order chi connectivity index (χ1) is 17.8. The standard InChI is InChI=1S/C30H39NO6/c1-5-30(4,37-20-25-15-10-7-11-16-25)27(17-12-18-34-19-24-13-8-6-9-14-24)35-22-28(32)31-26(23(2)3)21-36-29(31)33/h5-11,13-16,23,26-27H,1,12,17-22H2,2-4H3/t26-,27+,30-/m0/s1. The second kappa shape index (κ2) is 14.1. The van der Waals surface area contributed by atoms with E-state index in [1.54, 1.807) is 6.08 Å². The van der Waals surface area contributed by atoms with E-state index >= 15 is 0 Å². The second-order valence-electron chi connectivity index (χ2n) is 9.79. The lowest BCUT2D eigenvalue weighted by molar-refractivity contribution is -0.149. The Hall–Kier alpha value is -3.00. The number of amides is 2. The quantitative estimate of drug-likeness (QED) is 0.232. The van der Waals surface area contributed by atoms with E-state index in [2.05, 4.69) is 6.58 Å². The van der Waals surface area contributed by atoms with Gasteiger partial charge in [0.1, 0.15) is 18.8 Å². The van der Waals surface area contributed by atoms with Gasteiger partial charge in [-0.2, -0.15) is 0 Å². The van der Waals surface area contributed by atoms with Crippen LogP contribution in [0.3, 0.4) is 0 Å². The van der Waals surface area contributed by atoms with Gasteiger partial charge >= 0.3 is 6.09 Å². The van der Waals surface area contributed by atoms with Crippen LogP contribution < -0.4 is 0 Å². The van der Waals surface area contributed by atoms with Crippen LogP contribution in [0, 0.1) is 5.92 Å². The molecule has 0 bridgehead atoms. The lowest BCUT2D eigenvalue weighted by atomic mass is 9.94. The van der Waals surface area contributed by atoms with Gasteiger partial charge in [-0.15, -0.1) is 6.58 Å². The Morgan fingerprint density at radius 2 is 1.73 bits per heavy atom. The smallest absolute Gasteiger partial charge is 0.417 e. The predicted molar refractivity (Wildman–Crippen MR) is 142 cm³/mol. The van der Waals surface area contributed by atoms with Gasteiger partial charge in [-0.1, -0.05) is 80.6 Å². The summed E-state index contributed by atoms with van der Waals surface area (Å²) in [6, 6.07) is 19.6. The SMILES string of the molecule is C=C[C@](C)(OCc1ccccc1)[C@@H](CCCOCc1ccccc1)OCC(=O)N1C(=O)OC[C@H]1C(C)C. The van der Waals surface area contributed by atoms with Gasteiger partial charge in [-0.05, 0) is 36.8 Å². The summed E-state index contributed by atoms with van der Waals surface area (Å²) in [5, 5.41) is 0. The van der Waals surface area contributed by atoms with Gasteiger partial charge in [0.15, 0.2) is 0 Å². The van der Waals surface area contributed by atoms with Crippen LogP contribution in [0.5, 0.6) is 0 Å². The molecule has 3 rings (SSSR count). The van der Waals surface area contributed by atoms with Crippen molar-refractivity contribution in [3.8, 4) is 0 Å². The number of rotatable bonds is 15. The number of benzene rings is 2. The van der Waals surface area contributed by atoms with Crippen molar-refractivity contribution >= 4 is 12.0 Å². The molecule has 1 aliphatic rings. The number of hydrogen-bond donors (Lipinski definition) is 0. The highest BCUT2D eigenvalue weighted by Crippen LogP contribution is 2.27. The predicted octanol–water partition coefficient (Wildman–Crippen LogP) is 5.53. The molecule has 2 amide bonds. The molecule has 0 N–H and O–H groups in total. The molecular formula is C30H39NO6. The average Bonchev–Trinajstić information content (AvgIpc) is 3.31. The molecule has 1 heterocycles. The summed E-state index contributed by atoms with van der Waals surface area (Å²) in [7, 11) is 0. The Kier molecular flexibility index (Phi) is 10.9. The summed E-state index contributed by atoms with van der Waals surface area (Å²) in [5.74, 6) is -0.332. The molecule has 0 spiro atoms. The maximum atomic E-state index is 13.0. The summed E-state index contributed by atoms with van der Waals surface area (Å²) in [4.78, 5) is 26.4. The first-order valence-electron chi connectivity index (χ1n) is 12.9. The Labute approximate surface area is 220 Å². The highest BCUT2D eigenvalue weighted by Gasteiger charge is 2.40. The van der Waals surface area contributed by atoms with Gasteiger partial charge in [0, 0.05) is 6.61 Å². The summed E-state index contributed by atoms with van der Waals surface area (Å²) in [6.07, 6.45) is 1.90. The number of imide groups is 1. The van der Waals surface area contributed by atoms with Gasteiger partial charge < -0.3 is 18.9 Å². The van der Waals surface area contributed by atoms with Gasteiger partial charge in [0.05, 0.1) is 25.4 Å². The molecule has 0 saturated carbocycles. The fourth-order valence-corrected chi connectivity index (χ4v) is 4.22. The van der Waals surface area contributed by atoms with Crippen molar-refractivity contribution in [3.63, 3.8) is 0 Å². The fraction of sp³-hybridized carbons (Fsp3) is 0.467. The molecule has 0 aromatic heterocycles. The molecule has 0 radical (unpaired) electrons. The van der Waals surface area contributed by atoms with Crippen LogP contribution >= 0.6 is 0 Å². The van der Waals surface area contributed by atoms with E-state index in [4.69, 9.17) is 18.9 Å². The Morgan fingerprint density at radius 1 is 1.11 bits per heavy atom. The third kappa shape index (κ3) is 8.25. The van der Waals surface area contributed by atoms with Crippen molar-refractivity contribution in [1.29, 1.82) is 0 Å². The Morgan fingerprint density at radius 3 is 2.32 bits per heavy atom. The van der Waals surface area contributed by atoms with Crippen LogP contribution in [0.1, 0.15) is 44.7 Å². The third-order valence-electron chi connectivity index (χ3n) is 6.66. The van der Waals surface area contributed by atoms with Crippen LogP contribution in [0.25, 0.3) is 0 Å². The van der Waals surface area contributed by atoms with E-state index in [1.807, 2.05) is 81.4 Å². The van der Waals surface area contributed by atoms with Gasteiger partial charge in [-0.25, -0.2) is 9.69 Å². The maximum absolute atomic E-state index is 13.0. The monoisotopic (exact) mass is 509 g/mol. The molecule has 1 aliphatic heterocycles. The van der Waals surface area contributed by atoms with Gasteiger partial charge in [-0.3, -0.25) is 4.79 Å². The molecule has 1 saturated heterocycles. The average molecular weight is 510 g/mol. The van der Waals surface area contributed by atoms with E-state index < -0.39 is 23.7 Å². The van der Waals surface area contributed by atoms with Crippen molar-refractivity contribution in [1.82, 2.24) is 4.90 Å². The number of ether oxygens (including phenoxy) is 4. The molecule has 1 fully saturated rings. The van der Waals surface area contributed by atoms with Crippen molar-refractivity contribution < 1.29 is 28.5 Å². The number of carbonyl (C=O) groups excluding carboxylic acids is 2. The van der Waals surface area contributed by atoms with Crippen molar-refractivity contribution in [2.75, 3.05) is 19.8 Å². The van der Waals surface area contributed by atoms with E-state index in [0.29, 0.717) is 32.7 Å². The van der Waals surface area contributed by atoms with Crippen LogP contribution in [-0.2, 0) is 37.0 Å². The van der Waals surface area contributed by atoms with Crippen LogP contribution in [0.4, 0.5) is 4.79 Å². The Bertz CT molecular complexity index is 996. The molecule has 2 aromatic rings. The zero-order valence-corrected chi connectivity index (χ0v) is 22.1. The second-order valence-corrected chi connectivity index (χ2v) is 9.79.